The van der Waals surface area contributed by atoms with E-state index in [1.807, 2.05) is 11.8 Å². The predicted molar refractivity (Wildman–Crippen MR) is 71.5 cm³/mol. The quantitative estimate of drug-likeness (QED) is 0.874. The molecule has 1 aliphatic heterocycles. The zero-order chi connectivity index (χ0) is 11.4. The highest BCUT2D eigenvalue weighted by atomic mass is 32.2. The van der Waals surface area contributed by atoms with Crippen LogP contribution in [0.2, 0.25) is 0 Å². The van der Waals surface area contributed by atoms with Crippen molar-refractivity contribution in [3.05, 3.63) is 35.9 Å². The molecule has 0 radical (unpaired) electrons. The van der Waals surface area contributed by atoms with Crippen LogP contribution in [0, 0.1) is 0 Å². The fourth-order valence-electron chi connectivity index (χ4n) is 2.27. The number of nitrogens with two attached hydrogens (primary N) is 1. The SMILES string of the molecule is CSC(c1ccccc1)N1CCC(N)CC1. The summed E-state index contributed by atoms with van der Waals surface area (Å²) in [5.41, 5.74) is 7.35. The molecule has 1 fully saturated rings. The Hall–Kier alpha value is -0.510. The third kappa shape index (κ3) is 2.78. The van der Waals surface area contributed by atoms with E-state index in [1.165, 1.54) is 5.56 Å². The molecule has 16 heavy (non-hydrogen) atoms. The molecule has 1 aliphatic rings. The van der Waals surface area contributed by atoms with E-state index in [0.29, 0.717) is 11.4 Å². The lowest BCUT2D eigenvalue weighted by molar-refractivity contribution is 0.200. The zero-order valence-corrected chi connectivity index (χ0v) is 10.6. The van der Waals surface area contributed by atoms with Crippen molar-refractivity contribution >= 4 is 11.8 Å². The summed E-state index contributed by atoms with van der Waals surface area (Å²) in [7, 11) is 0. The minimum Gasteiger partial charge on any atom is -0.328 e. The minimum atomic E-state index is 0.412. The third-order valence-corrected chi connectivity index (χ3v) is 4.23. The van der Waals surface area contributed by atoms with Crippen LogP contribution in [0.5, 0.6) is 0 Å². The maximum atomic E-state index is 5.94. The minimum absolute atomic E-state index is 0.412. The molecule has 1 saturated heterocycles. The topological polar surface area (TPSA) is 29.3 Å². The second-order valence-corrected chi connectivity index (χ2v) is 5.29. The molecule has 0 spiro atoms. The lowest BCUT2D eigenvalue weighted by atomic mass is 10.1. The molecule has 1 aromatic carbocycles. The van der Waals surface area contributed by atoms with E-state index >= 15 is 0 Å². The Morgan fingerprint density at radius 3 is 2.44 bits per heavy atom. The van der Waals surface area contributed by atoms with Crippen LogP contribution in [0.3, 0.4) is 0 Å². The number of piperidine rings is 1. The van der Waals surface area contributed by atoms with Gasteiger partial charge < -0.3 is 5.73 Å². The van der Waals surface area contributed by atoms with Crippen LogP contribution in [-0.2, 0) is 0 Å². The molecule has 0 aliphatic carbocycles. The summed E-state index contributed by atoms with van der Waals surface area (Å²) in [5, 5.41) is 0.494. The summed E-state index contributed by atoms with van der Waals surface area (Å²) in [6.45, 7) is 2.25. The lowest BCUT2D eigenvalue weighted by Crippen LogP contribution is -2.40. The second kappa shape index (κ2) is 5.71. The third-order valence-electron chi connectivity index (χ3n) is 3.21. The Kier molecular flexibility index (Phi) is 4.27. The number of thioether (sulfide) groups is 1. The molecule has 0 aromatic heterocycles. The van der Waals surface area contributed by atoms with Crippen LogP contribution in [0.25, 0.3) is 0 Å². The molecule has 1 atom stereocenters. The van der Waals surface area contributed by atoms with Gasteiger partial charge in [-0.2, -0.15) is 0 Å². The van der Waals surface area contributed by atoms with E-state index < -0.39 is 0 Å². The molecule has 2 rings (SSSR count). The molecule has 1 heterocycles. The average molecular weight is 236 g/mol. The van der Waals surface area contributed by atoms with Gasteiger partial charge in [-0.05, 0) is 24.7 Å². The molecule has 88 valence electrons. The van der Waals surface area contributed by atoms with Crippen LogP contribution in [0.1, 0.15) is 23.8 Å². The highest BCUT2D eigenvalue weighted by Gasteiger charge is 2.23. The first-order valence-corrected chi connectivity index (χ1v) is 7.17. The number of hydrogen-bond acceptors (Lipinski definition) is 3. The van der Waals surface area contributed by atoms with Crippen LogP contribution in [0.15, 0.2) is 30.3 Å². The van der Waals surface area contributed by atoms with E-state index in [0.717, 1.165) is 25.9 Å². The Morgan fingerprint density at radius 2 is 1.88 bits per heavy atom. The van der Waals surface area contributed by atoms with Crippen molar-refractivity contribution in [2.24, 2.45) is 5.73 Å². The molecule has 3 heteroatoms. The van der Waals surface area contributed by atoms with Gasteiger partial charge in [-0.3, -0.25) is 4.90 Å². The smallest absolute Gasteiger partial charge is 0.0811 e. The molecular weight excluding hydrogens is 216 g/mol. The van der Waals surface area contributed by atoms with Gasteiger partial charge in [-0.25, -0.2) is 0 Å². The molecule has 2 nitrogen and oxygen atoms in total. The Bertz CT molecular complexity index is 307. The summed E-state index contributed by atoms with van der Waals surface area (Å²) >= 11 is 1.92. The van der Waals surface area contributed by atoms with E-state index in [4.69, 9.17) is 5.73 Å². The molecule has 0 bridgehead atoms. The second-order valence-electron chi connectivity index (χ2n) is 4.37. The van der Waals surface area contributed by atoms with Crippen molar-refractivity contribution in [3.8, 4) is 0 Å². The zero-order valence-electron chi connectivity index (χ0n) is 9.80. The Labute approximate surface area is 102 Å². The van der Waals surface area contributed by atoms with Gasteiger partial charge in [0.05, 0.1) is 5.37 Å². The first-order chi connectivity index (χ1) is 7.81. The summed E-state index contributed by atoms with van der Waals surface area (Å²) in [6, 6.07) is 11.2. The fraction of sp³-hybridized carbons (Fsp3) is 0.538. The van der Waals surface area contributed by atoms with Gasteiger partial charge in [-0.1, -0.05) is 30.3 Å². The summed E-state index contributed by atoms with van der Waals surface area (Å²) in [4.78, 5) is 2.54. The average Bonchev–Trinajstić information content (AvgIpc) is 2.34. The van der Waals surface area contributed by atoms with Crippen molar-refractivity contribution in [2.45, 2.75) is 24.3 Å². The fourth-order valence-corrected chi connectivity index (χ4v) is 3.21. The number of nitrogens with zero attached hydrogens (tertiary/aromatic N) is 1. The van der Waals surface area contributed by atoms with Gasteiger partial charge >= 0.3 is 0 Å². The summed E-state index contributed by atoms with van der Waals surface area (Å²) in [6.07, 6.45) is 4.44. The van der Waals surface area contributed by atoms with Crippen molar-refractivity contribution in [1.82, 2.24) is 4.90 Å². The standard InChI is InChI=1S/C13H20N2S/c1-16-13(11-5-3-2-4-6-11)15-9-7-12(14)8-10-15/h2-6,12-13H,7-10,14H2,1H3. The number of hydrogen-bond donors (Lipinski definition) is 1. The maximum absolute atomic E-state index is 5.94. The maximum Gasteiger partial charge on any atom is 0.0811 e. The highest BCUT2D eigenvalue weighted by molar-refractivity contribution is 7.98. The Morgan fingerprint density at radius 1 is 1.25 bits per heavy atom. The van der Waals surface area contributed by atoms with Crippen LogP contribution in [0.4, 0.5) is 0 Å². The number of likely N-dealkylation sites (tertiary alicyclic amines) is 1. The Balaban J connectivity index is 2.05. The van der Waals surface area contributed by atoms with Gasteiger partial charge in [-0.15, -0.1) is 11.8 Å². The largest absolute Gasteiger partial charge is 0.328 e. The van der Waals surface area contributed by atoms with Crippen molar-refractivity contribution in [1.29, 1.82) is 0 Å². The van der Waals surface area contributed by atoms with Gasteiger partial charge in [0.1, 0.15) is 0 Å². The first-order valence-electron chi connectivity index (χ1n) is 5.88. The van der Waals surface area contributed by atoms with Crippen molar-refractivity contribution in [2.75, 3.05) is 19.3 Å². The van der Waals surface area contributed by atoms with E-state index in [-0.39, 0.29) is 0 Å². The molecule has 0 amide bonds. The summed E-state index contributed by atoms with van der Waals surface area (Å²) in [5.74, 6) is 0. The first kappa shape index (κ1) is 12.0. The molecule has 0 saturated carbocycles. The summed E-state index contributed by atoms with van der Waals surface area (Å²) < 4.78 is 0. The van der Waals surface area contributed by atoms with Crippen LogP contribution < -0.4 is 5.73 Å². The lowest BCUT2D eigenvalue weighted by Gasteiger charge is -2.35. The van der Waals surface area contributed by atoms with Crippen LogP contribution >= 0.6 is 11.8 Å². The monoisotopic (exact) mass is 236 g/mol. The van der Waals surface area contributed by atoms with Gasteiger partial charge in [0.25, 0.3) is 0 Å². The van der Waals surface area contributed by atoms with Crippen molar-refractivity contribution < 1.29 is 0 Å². The predicted octanol–water partition coefficient (Wildman–Crippen LogP) is 2.47. The van der Waals surface area contributed by atoms with Crippen LogP contribution in [-0.4, -0.2) is 30.3 Å². The van der Waals surface area contributed by atoms with E-state index in [9.17, 15) is 0 Å². The highest BCUT2D eigenvalue weighted by Crippen LogP contribution is 2.32. The number of rotatable bonds is 3. The normalized spacial score (nSPS) is 20.9. The number of benzene rings is 1. The molecule has 2 N–H and O–H groups in total. The van der Waals surface area contributed by atoms with Gasteiger partial charge in [0.2, 0.25) is 0 Å². The molecular formula is C13H20N2S. The van der Waals surface area contributed by atoms with Crippen molar-refractivity contribution in [3.63, 3.8) is 0 Å². The van der Waals surface area contributed by atoms with E-state index in [2.05, 4.69) is 41.5 Å². The van der Waals surface area contributed by atoms with Gasteiger partial charge in [0, 0.05) is 19.1 Å². The van der Waals surface area contributed by atoms with Gasteiger partial charge in [0.15, 0.2) is 0 Å². The molecule has 1 unspecified atom stereocenters. The van der Waals surface area contributed by atoms with E-state index in [1.54, 1.807) is 0 Å². The molecule has 1 aromatic rings.